The van der Waals surface area contributed by atoms with Gasteiger partial charge in [-0.3, -0.25) is 4.99 Å². The molecule has 4 nitrogen and oxygen atoms in total. The summed E-state index contributed by atoms with van der Waals surface area (Å²) in [6, 6.07) is 0.434. The van der Waals surface area contributed by atoms with Crippen LogP contribution in [0.1, 0.15) is 45.4 Å². The van der Waals surface area contributed by atoms with Crippen LogP contribution in [0.2, 0.25) is 0 Å². The second-order valence-electron chi connectivity index (χ2n) is 5.51. The number of guanidine groups is 1. The molecule has 0 bridgehead atoms. The molecule has 4 N–H and O–H groups in total. The minimum Gasteiger partial charge on any atom is -0.394 e. The van der Waals surface area contributed by atoms with Crippen molar-refractivity contribution in [2.24, 2.45) is 16.6 Å². The standard InChI is InChI=1S/C12H23N3O/c1-9-3-2-6-12(7-9,8-16)15-11(13)14-10-4-5-10/h9-10,16H,2-8H2,1H3,(H3,13,14,15). The Bertz CT molecular complexity index is 275. The molecule has 0 spiro atoms. The second kappa shape index (κ2) is 4.62. The highest BCUT2D eigenvalue weighted by atomic mass is 16.3. The quantitative estimate of drug-likeness (QED) is 0.495. The van der Waals surface area contributed by atoms with E-state index in [1.807, 2.05) is 0 Å². The molecule has 2 fully saturated rings. The lowest BCUT2D eigenvalue weighted by molar-refractivity contribution is 0.116. The molecular formula is C12H23N3O. The maximum Gasteiger partial charge on any atom is 0.189 e. The van der Waals surface area contributed by atoms with Crippen LogP contribution in [0.15, 0.2) is 4.99 Å². The average Bonchev–Trinajstić information content (AvgIpc) is 3.01. The van der Waals surface area contributed by atoms with E-state index in [2.05, 4.69) is 17.2 Å². The number of aliphatic hydroxyl groups excluding tert-OH is 1. The summed E-state index contributed by atoms with van der Waals surface area (Å²) < 4.78 is 0. The van der Waals surface area contributed by atoms with Crippen LogP contribution in [0.5, 0.6) is 0 Å². The van der Waals surface area contributed by atoms with Gasteiger partial charge in [0.15, 0.2) is 5.96 Å². The zero-order valence-electron chi connectivity index (χ0n) is 10.1. The molecule has 92 valence electrons. The van der Waals surface area contributed by atoms with Crippen LogP contribution < -0.4 is 11.1 Å². The van der Waals surface area contributed by atoms with Gasteiger partial charge in [0.2, 0.25) is 0 Å². The monoisotopic (exact) mass is 225 g/mol. The number of aliphatic imine (C=N–C) groups is 1. The number of nitrogens with one attached hydrogen (secondary N) is 1. The Morgan fingerprint density at radius 2 is 2.25 bits per heavy atom. The van der Waals surface area contributed by atoms with E-state index >= 15 is 0 Å². The highest BCUT2D eigenvalue weighted by Crippen LogP contribution is 2.32. The highest BCUT2D eigenvalue weighted by molar-refractivity contribution is 5.79. The van der Waals surface area contributed by atoms with Gasteiger partial charge in [0.25, 0.3) is 0 Å². The minimum absolute atomic E-state index is 0.151. The lowest BCUT2D eigenvalue weighted by Gasteiger charge is -2.39. The molecule has 0 aromatic rings. The van der Waals surface area contributed by atoms with Crippen LogP contribution in [0.25, 0.3) is 0 Å². The van der Waals surface area contributed by atoms with Gasteiger partial charge < -0.3 is 16.2 Å². The number of nitrogens with zero attached hydrogens (tertiary/aromatic N) is 1. The molecule has 2 saturated carbocycles. The summed E-state index contributed by atoms with van der Waals surface area (Å²) in [5.74, 6) is 1.17. The van der Waals surface area contributed by atoms with E-state index < -0.39 is 0 Å². The van der Waals surface area contributed by atoms with E-state index in [4.69, 9.17) is 5.73 Å². The first kappa shape index (κ1) is 11.7. The number of hydrogen-bond acceptors (Lipinski definition) is 2. The molecule has 2 aliphatic rings. The largest absolute Gasteiger partial charge is 0.394 e. The summed E-state index contributed by atoms with van der Waals surface area (Å²) in [6.45, 7) is 2.39. The Labute approximate surface area is 97.3 Å². The molecule has 16 heavy (non-hydrogen) atoms. The van der Waals surface area contributed by atoms with Crippen molar-refractivity contribution < 1.29 is 5.11 Å². The smallest absolute Gasteiger partial charge is 0.189 e. The van der Waals surface area contributed by atoms with Gasteiger partial charge in [-0.25, -0.2) is 0 Å². The number of hydrogen-bond donors (Lipinski definition) is 3. The second-order valence-corrected chi connectivity index (χ2v) is 5.51. The van der Waals surface area contributed by atoms with Crippen molar-refractivity contribution in [3.8, 4) is 0 Å². The summed E-state index contributed by atoms with van der Waals surface area (Å²) >= 11 is 0. The number of aliphatic hydroxyl groups is 1. The zero-order chi connectivity index (χ0) is 11.6. The van der Waals surface area contributed by atoms with Gasteiger partial charge in [0, 0.05) is 0 Å². The molecule has 0 aliphatic heterocycles. The normalized spacial score (nSPS) is 36.1. The molecule has 2 rings (SSSR count). The van der Waals surface area contributed by atoms with Crippen LogP contribution >= 0.6 is 0 Å². The Kier molecular flexibility index (Phi) is 3.38. The Hall–Kier alpha value is -0.770. The maximum atomic E-state index is 9.58. The predicted molar refractivity (Wildman–Crippen MR) is 65.2 cm³/mol. The van der Waals surface area contributed by atoms with Gasteiger partial charge in [-0.15, -0.1) is 0 Å². The summed E-state index contributed by atoms with van der Waals surface area (Å²) in [7, 11) is 0. The summed E-state index contributed by atoms with van der Waals surface area (Å²) in [4.78, 5) is 4.37. The fourth-order valence-electron chi connectivity index (χ4n) is 2.66. The molecule has 0 heterocycles. The van der Waals surface area contributed by atoms with Gasteiger partial charge in [0.1, 0.15) is 0 Å². The lowest BCUT2D eigenvalue weighted by atomic mass is 9.77. The lowest BCUT2D eigenvalue weighted by Crippen LogP contribution is -2.56. The average molecular weight is 225 g/mol. The number of nitrogens with two attached hydrogens (primary N) is 1. The van der Waals surface area contributed by atoms with Crippen molar-refractivity contribution >= 4 is 5.96 Å². The summed E-state index contributed by atoms with van der Waals surface area (Å²) in [6.07, 6.45) is 6.71. The van der Waals surface area contributed by atoms with E-state index in [-0.39, 0.29) is 12.1 Å². The van der Waals surface area contributed by atoms with Crippen molar-refractivity contribution in [3.63, 3.8) is 0 Å². The maximum absolute atomic E-state index is 9.58. The molecule has 4 heteroatoms. The van der Waals surface area contributed by atoms with Crippen molar-refractivity contribution in [1.82, 2.24) is 5.32 Å². The van der Waals surface area contributed by atoms with E-state index in [0.717, 1.165) is 32.1 Å². The molecule has 0 aromatic carbocycles. The van der Waals surface area contributed by atoms with Crippen LogP contribution in [-0.4, -0.2) is 29.3 Å². The van der Waals surface area contributed by atoms with E-state index in [1.54, 1.807) is 0 Å². The third kappa shape index (κ3) is 2.88. The third-order valence-corrected chi connectivity index (χ3v) is 3.66. The minimum atomic E-state index is -0.222. The first-order chi connectivity index (χ1) is 7.63. The fourth-order valence-corrected chi connectivity index (χ4v) is 2.66. The zero-order valence-corrected chi connectivity index (χ0v) is 10.1. The van der Waals surface area contributed by atoms with Crippen molar-refractivity contribution in [2.45, 2.75) is 57.0 Å². The molecular weight excluding hydrogens is 202 g/mol. The molecule has 0 amide bonds. The number of rotatable bonds is 3. The predicted octanol–water partition coefficient (Wildman–Crippen LogP) is 0.994. The summed E-state index contributed by atoms with van der Waals surface area (Å²) in [5, 5.41) is 12.8. The molecule has 0 radical (unpaired) electrons. The van der Waals surface area contributed by atoms with Crippen LogP contribution in [0, 0.1) is 5.92 Å². The van der Waals surface area contributed by atoms with Gasteiger partial charge in [-0.05, 0) is 31.6 Å². The van der Waals surface area contributed by atoms with E-state index in [9.17, 15) is 5.11 Å². The SMILES string of the molecule is CC1CCCC(CO)(NC(N)=NC2CC2)C1. The Morgan fingerprint density at radius 3 is 2.81 bits per heavy atom. The first-order valence-electron chi connectivity index (χ1n) is 6.36. The highest BCUT2D eigenvalue weighted by Gasteiger charge is 2.35. The Balaban J connectivity index is 1.97. The molecule has 2 aliphatic carbocycles. The van der Waals surface area contributed by atoms with Gasteiger partial charge in [-0.1, -0.05) is 19.8 Å². The van der Waals surface area contributed by atoms with Crippen molar-refractivity contribution in [3.05, 3.63) is 0 Å². The van der Waals surface area contributed by atoms with Gasteiger partial charge in [0.05, 0.1) is 18.2 Å². The van der Waals surface area contributed by atoms with Gasteiger partial charge in [-0.2, -0.15) is 0 Å². The topological polar surface area (TPSA) is 70.6 Å². The fraction of sp³-hybridized carbons (Fsp3) is 0.917. The third-order valence-electron chi connectivity index (χ3n) is 3.66. The van der Waals surface area contributed by atoms with Crippen LogP contribution in [-0.2, 0) is 0 Å². The van der Waals surface area contributed by atoms with Crippen LogP contribution in [0.4, 0.5) is 0 Å². The van der Waals surface area contributed by atoms with E-state index in [0.29, 0.717) is 17.9 Å². The van der Waals surface area contributed by atoms with Crippen LogP contribution in [0.3, 0.4) is 0 Å². The summed E-state index contributed by atoms with van der Waals surface area (Å²) in [5.41, 5.74) is 5.66. The van der Waals surface area contributed by atoms with E-state index in [1.165, 1.54) is 6.42 Å². The molecule has 2 atom stereocenters. The Morgan fingerprint density at radius 1 is 1.50 bits per heavy atom. The first-order valence-corrected chi connectivity index (χ1v) is 6.36. The van der Waals surface area contributed by atoms with Crippen molar-refractivity contribution in [1.29, 1.82) is 0 Å². The molecule has 0 saturated heterocycles. The van der Waals surface area contributed by atoms with Crippen molar-refractivity contribution in [2.75, 3.05) is 6.61 Å². The van der Waals surface area contributed by atoms with Gasteiger partial charge >= 0.3 is 0 Å². The molecule has 2 unspecified atom stereocenters. The molecule has 0 aromatic heterocycles.